The highest BCUT2D eigenvalue weighted by Crippen LogP contribution is 2.22. The van der Waals surface area contributed by atoms with Crippen molar-refractivity contribution in [3.8, 4) is 0 Å². The van der Waals surface area contributed by atoms with E-state index in [0.29, 0.717) is 5.92 Å². The summed E-state index contributed by atoms with van der Waals surface area (Å²) < 4.78 is 2.24. The Morgan fingerprint density at radius 2 is 2.21 bits per heavy atom. The maximum atomic E-state index is 10.7. The van der Waals surface area contributed by atoms with E-state index in [1.165, 1.54) is 12.8 Å². The van der Waals surface area contributed by atoms with Crippen molar-refractivity contribution in [3.63, 3.8) is 0 Å². The van der Waals surface area contributed by atoms with Gasteiger partial charge in [0, 0.05) is 25.9 Å². The molecule has 0 spiro atoms. The summed E-state index contributed by atoms with van der Waals surface area (Å²) in [7, 11) is 0. The predicted molar refractivity (Wildman–Crippen MR) is 68.6 cm³/mol. The van der Waals surface area contributed by atoms with Crippen molar-refractivity contribution in [2.75, 3.05) is 13.1 Å². The molecular formula is C13H20N4O2. The molecule has 1 saturated heterocycles. The van der Waals surface area contributed by atoms with E-state index in [2.05, 4.69) is 19.7 Å². The van der Waals surface area contributed by atoms with Gasteiger partial charge in [0.15, 0.2) is 0 Å². The average molecular weight is 264 g/mol. The molecule has 104 valence electrons. The molecule has 3 heterocycles. The molecule has 1 fully saturated rings. The molecule has 1 aromatic heterocycles. The van der Waals surface area contributed by atoms with Gasteiger partial charge in [0.25, 0.3) is 0 Å². The van der Waals surface area contributed by atoms with Crippen LogP contribution in [0.3, 0.4) is 0 Å². The minimum absolute atomic E-state index is 0.286. The number of carbonyl (C=O) groups is 1. The first-order chi connectivity index (χ1) is 9.22. The first-order valence-electron chi connectivity index (χ1n) is 7.07. The molecule has 1 atom stereocenters. The molecule has 1 N–H and O–H groups in total. The van der Waals surface area contributed by atoms with Crippen LogP contribution in [0.2, 0.25) is 0 Å². The van der Waals surface area contributed by atoms with Crippen LogP contribution in [0.25, 0.3) is 0 Å². The molecule has 2 aliphatic rings. The van der Waals surface area contributed by atoms with Gasteiger partial charge in [0.05, 0.1) is 6.54 Å². The standard InChI is InChI=1S/C13H20N4O2/c18-13(19)7-10-4-6-16(8-10)9-12-15-14-11-3-1-2-5-17(11)12/h10H,1-9H2,(H,18,19). The first kappa shape index (κ1) is 12.6. The highest BCUT2D eigenvalue weighted by Gasteiger charge is 2.26. The minimum atomic E-state index is -0.688. The molecule has 0 radical (unpaired) electrons. The molecule has 0 saturated carbocycles. The molecule has 0 aliphatic carbocycles. The number of aryl methyl sites for hydroxylation is 1. The Morgan fingerprint density at radius 1 is 1.32 bits per heavy atom. The number of hydrogen-bond donors (Lipinski definition) is 1. The van der Waals surface area contributed by atoms with Crippen LogP contribution in [0.15, 0.2) is 0 Å². The smallest absolute Gasteiger partial charge is 0.303 e. The molecule has 6 nitrogen and oxygen atoms in total. The molecule has 19 heavy (non-hydrogen) atoms. The van der Waals surface area contributed by atoms with Crippen LogP contribution in [0.5, 0.6) is 0 Å². The lowest BCUT2D eigenvalue weighted by Crippen LogP contribution is -2.24. The monoisotopic (exact) mass is 264 g/mol. The van der Waals surface area contributed by atoms with Crippen LogP contribution in [0.4, 0.5) is 0 Å². The molecule has 0 amide bonds. The number of likely N-dealkylation sites (tertiary alicyclic amines) is 1. The van der Waals surface area contributed by atoms with Gasteiger partial charge in [-0.1, -0.05) is 0 Å². The van der Waals surface area contributed by atoms with E-state index in [1.807, 2.05) is 0 Å². The number of hydrogen-bond acceptors (Lipinski definition) is 4. The second kappa shape index (κ2) is 5.28. The summed E-state index contributed by atoms with van der Waals surface area (Å²) in [6.07, 6.45) is 4.72. The van der Waals surface area contributed by atoms with E-state index in [-0.39, 0.29) is 6.42 Å². The zero-order valence-corrected chi connectivity index (χ0v) is 11.1. The number of aliphatic carboxylic acids is 1. The van der Waals surface area contributed by atoms with E-state index in [4.69, 9.17) is 5.11 Å². The fourth-order valence-corrected chi connectivity index (χ4v) is 3.16. The highest BCUT2D eigenvalue weighted by atomic mass is 16.4. The normalized spacial score (nSPS) is 23.5. The maximum absolute atomic E-state index is 10.7. The van der Waals surface area contributed by atoms with E-state index in [1.54, 1.807) is 0 Å². The summed E-state index contributed by atoms with van der Waals surface area (Å²) in [4.78, 5) is 13.0. The SMILES string of the molecule is O=C(O)CC1CCN(Cc2nnc3n2CCCC3)C1. The Balaban J connectivity index is 1.60. The molecule has 1 aromatic rings. The first-order valence-corrected chi connectivity index (χ1v) is 7.07. The van der Waals surface area contributed by atoms with Crippen LogP contribution in [0.1, 0.15) is 37.3 Å². The Bertz CT molecular complexity index is 471. The van der Waals surface area contributed by atoms with Crippen LogP contribution < -0.4 is 0 Å². The molecule has 1 unspecified atom stereocenters. The highest BCUT2D eigenvalue weighted by molar-refractivity contribution is 5.67. The van der Waals surface area contributed by atoms with E-state index in [9.17, 15) is 4.79 Å². The molecule has 2 aliphatic heterocycles. The van der Waals surface area contributed by atoms with Gasteiger partial charge in [-0.2, -0.15) is 0 Å². The van der Waals surface area contributed by atoms with Gasteiger partial charge in [0.1, 0.15) is 11.6 Å². The summed E-state index contributed by atoms with van der Waals surface area (Å²) in [5.74, 6) is 1.76. The number of carboxylic acid groups (broad SMARTS) is 1. The average Bonchev–Trinajstić information content (AvgIpc) is 2.97. The van der Waals surface area contributed by atoms with E-state index >= 15 is 0 Å². The van der Waals surface area contributed by atoms with Gasteiger partial charge in [-0.3, -0.25) is 9.69 Å². The topological polar surface area (TPSA) is 71.2 Å². The number of fused-ring (bicyclic) bond motifs is 1. The molecule has 3 rings (SSSR count). The van der Waals surface area contributed by atoms with Gasteiger partial charge < -0.3 is 9.67 Å². The largest absolute Gasteiger partial charge is 0.481 e. The zero-order valence-electron chi connectivity index (χ0n) is 11.1. The van der Waals surface area contributed by atoms with Gasteiger partial charge in [-0.05, 0) is 31.7 Å². The van der Waals surface area contributed by atoms with Crippen molar-refractivity contribution < 1.29 is 9.90 Å². The zero-order chi connectivity index (χ0) is 13.2. The molecule has 0 bridgehead atoms. The van der Waals surface area contributed by atoms with Crippen LogP contribution in [-0.4, -0.2) is 43.8 Å². The molecule has 6 heteroatoms. The number of nitrogens with zero attached hydrogens (tertiary/aromatic N) is 4. The Labute approximate surface area is 112 Å². The second-order valence-corrected chi connectivity index (χ2v) is 5.63. The Kier molecular flexibility index (Phi) is 3.50. The van der Waals surface area contributed by atoms with Gasteiger partial charge in [-0.15, -0.1) is 10.2 Å². The van der Waals surface area contributed by atoms with E-state index < -0.39 is 5.97 Å². The van der Waals surface area contributed by atoms with Gasteiger partial charge in [-0.25, -0.2) is 0 Å². The lowest BCUT2D eigenvalue weighted by atomic mass is 10.1. The lowest BCUT2D eigenvalue weighted by molar-refractivity contribution is -0.138. The maximum Gasteiger partial charge on any atom is 0.303 e. The number of carboxylic acids is 1. The lowest BCUT2D eigenvalue weighted by Gasteiger charge is -2.18. The van der Waals surface area contributed by atoms with Gasteiger partial charge >= 0.3 is 5.97 Å². The Morgan fingerprint density at radius 3 is 3.05 bits per heavy atom. The summed E-state index contributed by atoms with van der Waals surface area (Å²) >= 11 is 0. The fraction of sp³-hybridized carbons (Fsp3) is 0.769. The number of rotatable bonds is 4. The van der Waals surface area contributed by atoms with Crippen LogP contribution in [-0.2, 0) is 24.3 Å². The van der Waals surface area contributed by atoms with Crippen molar-refractivity contribution in [2.24, 2.45) is 5.92 Å². The third-order valence-electron chi connectivity index (χ3n) is 4.13. The van der Waals surface area contributed by atoms with Crippen LogP contribution in [0, 0.1) is 5.92 Å². The fourth-order valence-electron chi connectivity index (χ4n) is 3.16. The van der Waals surface area contributed by atoms with Crippen molar-refractivity contribution in [3.05, 3.63) is 11.6 Å². The number of aromatic nitrogens is 3. The van der Waals surface area contributed by atoms with Crippen LogP contribution >= 0.6 is 0 Å². The van der Waals surface area contributed by atoms with E-state index in [0.717, 1.165) is 50.7 Å². The predicted octanol–water partition coefficient (Wildman–Crippen LogP) is 0.911. The summed E-state index contributed by atoms with van der Waals surface area (Å²) in [6, 6.07) is 0. The summed E-state index contributed by atoms with van der Waals surface area (Å²) in [6.45, 7) is 3.68. The van der Waals surface area contributed by atoms with Crippen molar-refractivity contribution >= 4 is 5.97 Å². The van der Waals surface area contributed by atoms with Crippen molar-refractivity contribution in [1.82, 2.24) is 19.7 Å². The van der Waals surface area contributed by atoms with Gasteiger partial charge in [0.2, 0.25) is 0 Å². The van der Waals surface area contributed by atoms with Crippen molar-refractivity contribution in [2.45, 2.75) is 45.2 Å². The Hall–Kier alpha value is -1.43. The third kappa shape index (κ3) is 2.78. The summed E-state index contributed by atoms with van der Waals surface area (Å²) in [5.41, 5.74) is 0. The molecule has 0 aromatic carbocycles. The second-order valence-electron chi connectivity index (χ2n) is 5.63. The third-order valence-corrected chi connectivity index (χ3v) is 4.13. The quantitative estimate of drug-likeness (QED) is 0.875. The minimum Gasteiger partial charge on any atom is -0.481 e. The van der Waals surface area contributed by atoms with Crippen molar-refractivity contribution in [1.29, 1.82) is 0 Å². The summed E-state index contributed by atoms with van der Waals surface area (Å²) in [5, 5.41) is 17.4. The molecular weight excluding hydrogens is 244 g/mol.